The van der Waals surface area contributed by atoms with Crippen molar-refractivity contribution in [3.05, 3.63) is 34.3 Å². The molecule has 0 spiro atoms. The SMILES string of the molecule is COC(=O)c1ccc(C#CCO)cc1Cl. The summed E-state index contributed by atoms with van der Waals surface area (Å²) in [5, 5.41) is 8.78. The number of aliphatic hydroxyl groups excluding tert-OH is 1. The molecule has 0 aliphatic carbocycles. The minimum Gasteiger partial charge on any atom is -0.465 e. The number of benzene rings is 1. The Morgan fingerprint density at radius 2 is 2.33 bits per heavy atom. The van der Waals surface area contributed by atoms with E-state index in [4.69, 9.17) is 16.7 Å². The molecule has 0 unspecified atom stereocenters. The summed E-state index contributed by atoms with van der Waals surface area (Å²) >= 11 is 5.85. The molecule has 1 rings (SSSR count). The Labute approximate surface area is 92.6 Å². The van der Waals surface area contributed by atoms with Gasteiger partial charge in [-0.3, -0.25) is 0 Å². The summed E-state index contributed by atoms with van der Waals surface area (Å²) in [6.07, 6.45) is 0. The van der Waals surface area contributed by atoms with Crippen molar-refractivity contribution in [3.63, 3.8) is 0 Å². The van der Waals surface area contributed by atoms with E-state index < -0.39 is 5.97 Å². The Balaban J connectivity index is 3.03. The Morgan fingerprint density at radius 1 is 1.60 bits per heavy atom. The maximum absolute atomic E-state index is 11.2. The van der Waals surface area contributed by atoms with Crippen molar-refractivity contribution < 1.29 is 14.6 Å². The molecule has 0 aliphatic rings. The van der Waals surface area contributed by atoms with Crippen molar-refractivity contribution in [2.24, 2.45) is 0 Å². The van der Waals surface area contributed by atoms with E-state index >= 15 is 0 Å². The van der Waals surface area contributed by atoms with Crippen LogP contribution in [0.3, 0.4) is 0 Å². The predicted octanol–water partition coefficient (Wildman–Crippen LogP) is 1.47. The van der Waals surface area contributed by atoms with E-state index in [-0.39, 0.29) is 11.6 Å². The van der Waals surface area contributed by atoms with Crippen molar-refractivity contribution in [1.82, 2.24) is 0 Å². The van der Waals surface area contributed by atoms with Crippen LogP contribution in [-0.4, -0.2) is 24.8 Å². The molecular formula is C11H9ClO3. The highest BCUT2D eigenvalue weighted by molar-refractivity contribution is 6.33. The van der Waals surface area contributed by atoms with Gasteiger partial charge in [0, 0.05) is 5.56 Å². The molecule has 0 saturated carbocycles. The molecule has 78 valence electrons. The van der Waals surface area contributed by atoms with Crippen molar-refractivity contribution >= 4 is 17.6 Å². The molecular weight excluding hydrogens is 216 g/mol. The van der Waals surface area contributed by atoms with E-state index in [2.05, 4.69) is 16.6 Å². The van der Waals surface area contributed by atoms with Gasteiger partial charge in [-0.1, -0.05) is 23.4 Å². The smallest absolute Gasteiger partial charge is 0.339 e. The molecule has 0 aromatic heterocycles. The zero-order valence-corrected chi connectivity index (χ0v) is 8.84. The van der Waals surface area contributed by atoms with Crippen LogP contribution >= 0.6 is 11.6 Å². The van der Waals surface area contributed by atoms with E-state index in [0.717, 1.165) is 0 Å². The molecule has 0 saturated heterocycles. The Bertz CT molecular complexity index is 429. The lowest BCUT2D eigenvalue weighted by atomic mass is 10.1. The third kappa shape index (κ3) is 2.98. The van der Waals surface area contributed by atoms with Gasteiger partial charge in [-0.05, 0) is 18.2 Å². The monoisotopic (exact) mass is 224 g/mol. The zero-order chi connectivity index (χ0) is 11.3. The number of carbonyl (C=O) groups is 1. The lowest BCUT2D eigenvalue weighted by Gasteiger charge is -2.01. The molecule has 1 aromatic carbocycles. The fraction of sp³-hybridized carbons (Fsp3) is 0.182. The molecule has 1 N–H and O–H groups in total. The largest absolute Gasteiger partial charge is 0.465 e. The molecule has 3 nitrogen and oxygen atoms in total. The Hall–Kier alpha value is -1.50. The first-order chi connectivity index (χ1) is 7.19. The molecule has 0 radical (unpaired) electrons. The summed E-state index contributed by atoms with van der Waals surface area (Å²) in [6, 6.07) is 4.73. The number of rotatable bonds is 1. The minimum atomic E-state index is -0.485. The number of methoxy groups -OCH3 is 1. The summed E-state index contributed by atoms with van der Waals surface area (Å²) in [5.41, 5.74) is 0.940. The molecule has 4 heteroatoms. The number of carbonyl (C=O) groups excluding carboxylic acids is 1. The molecule has 1 aromatic rings. The summed E-state index contributed by atoms with van der Waals surface area (Å²) in [5.74, 6) is 4.68. The second kappa shape index (κ2) is 5.40. The van der Waals surface area contributed by atoms with E-state index in [1.54, 1.807) is 12.1 Å². The fourth-order valence-electron chi connectivity index (χ4n) is 1.01. The predicted molar refractivity (Wildman–Crippen MR) is 56.8 cm³/mol. The maximum atomic E-state index is 11.2. The van der Waals surface area contributed by atoms with Crippen molar-refractivity contribution in [1.29, 1.82) is 0 Å². The summed E-state index contributed by atoms with van der Waals surface area (Å²) in [4.78, 5) is 11.2. The lowest BCUT2D eigenvalue weighted by molar-refractivity contribution is 0.0601. The van der Waals surface area contributed by atoms with Gasteiger partial charge in [0.05, 0.1) is 17.7 Å². The first-order valence-corrected chi connectivity index (χ1v) is 4.54. The number of aliphatic hydroxyl groups is 1. The number of esters is 1. The maximum Gasteiger partial charge on any atom is 0.339 e. The number of ether oxygens (including phenoxy) is 1. The Kier molecular flexibility index (Phi) is 4.17. The third-order valence-electron chi connectivity index (χ3n) is 1.69. The van der Waals surface area contributed by atoms with Crippen LogP contribution in [0.1, 0.15) is 15.9 Å². The number of hydrogen-bond donors (Lipinski definition) is 1. The molecule has 15 heavy (non-hydrogen) atoms. The first-order valence-electron chi connectivity index (χ1n) is 4.16. The molecule has 0 heterocycles. The Morgan fingerprint density at radius 3 is 2.87 bits per heavy atom. The van der Waals surface area contributed by atoms with Crippen LogP contribution in [0.4, 0.5) is 0 Å². The quantitative estimate of drug-likeness (QED) is 0.581. The highest BCUT2D eigenvalue weighted by Gasteiger charge is 2.09. The van der Waals surface area contributed by atoms with Crippen molar-refractivity contribution in [2.45, 2.75) is 0 Å². The van der Waals surface area contributed by atoms with Crippen LogP contribution < -0.4 is 0 Å². The fourth-order valence-corrected chi connectivity index (χ4v) is 1.27. The third-order valence-corrected chi connectivity index (χ3v) is 2.00. The second-order valence-electron chi connectivity index (χ2n) is 2.65. The number of halogens is 1. The van der Waals surface area contributed by atoms with Gasteiger partial charge in [0.2, 0.25) is 0 Å². The van der Waals surface area contributed by atoms with Crippen molar-refractivity contribution in [2.75, 3.05) is 13.7 Å². The normalized spacial score (nSPS) is 9.00. The highest BCUT2D eigenvalue weighted by Crippen LogP contribution is 2.18. The first kappa shape index (κ1) is 11.6. The molecule has 0 aliphatic heterocycles. The van der Waals surface area contributed by atoms with E-state index in [1.165, 1.54) is 13.2 Å². The van der Waals surface area contributed by atoms with Crippen LogP contribution in [0.15, 0.2) is 18.2 Å². The van der Waals surface area contributed by atoms with E-state index in [1.807, 2.05) is 0 Å². The summed E-state index contributed by atoms with van der Waals surface area (Å²) < 4.78 is 4.54. The lowest BCUT2D eigenvalue weighted by Crippen LogP contribution is -2.01. The van der Waals surface area contributed by atoms with Gasteiger partial charge < -0.3 is 9.84 Å². The van der Waals surface area contributed by atoms with Gasteiger partial charge in [0.25, 0.3) is 0 Å². The van der Waals surface area contributed by atoms with Crippen LogP contribution in [0.5, 0.6) is 0 Å². The highest BCUT2D eigenvalue weighted by atomic mass is 35.5. The van der Waals surface area contributed by atoms with Crippen LogP contribution in [0, 0.1) is 11.8 Å². The van der Waals surface area contributed by atoms with Gasteiger partial charge >= 0.3 is 5.97 Å². The van der Waals surface area contributed by atoms with E-state index in [9.17, 15) is 4.79 Å². The van der Waals surface area contributed by atoms with Crippen LogP contribution in [-0.2, 0) is 4.74 Å². The zero-order valence-electron chi connectivity index (χ0n) is 8.08. The number of hydrogen-bond acceptors (Lipinski definition) is 3. The molecule has 0 atom stereocenters. The van der Waals surface area contributed by atoms with Gasteiger partial charge in [0.15, 0.2) is 0 Å². The van der Waals surface area contributed by atoms with E-state index in [0.29, 0.717) is 11.1 Å². The van der Waals surface area contributed by atoms with Gasteiger partial charge in [-0.15, -0.1) is 0 Å². The summed E-state index contributed by atoms with van der Waals surface area (Å²) in [7, 11) is 1.29. The molecule has 0 fully saturated rings. The average Bonchev–Trinajstić information content (AvgIpc) is 2.25. The van der Waals surface area contributed by atoms with Crippen LogP contribution in [0.25, 0.3) is 0 Å². The van der Waals surface area contributed by atoms with Gasteiger partial charge in [-0.2, -0.15) is 0 Å². The van der Waals surface area contributed by atoms with Crippen molar-refractivity contribution in [3.8, 4) is 11.8 Å². The average molecular weight is 225 g/mol. The summed E-state index contributed by atoms with van der Waals surface area (Å²) in [6.45, 7) is -0.212. The van der Waals surface area contributed by atoms with Crippen LogP contribution in [0.2, 0.25) is 5.02 Å². The minimum absolute atomic E-state index is 0.212. The molecule has 0 amide bonds. The van der Waals surface area contributed by atoms with Gasteiger partial charge in [0.1, 0.15) is 6.61 Å². The standard InChI is InChI=1S/C11H9ClO3/c1-15-11(14)9-5-4-8(3-2-6-13)7-10(9)12/h4-5,7,13H,6H2,1H3. The topological polar surface area (TPSA) is 46.5 Å². The van der Waals surface area contributed by atoms with Gasteiger partial charge in [-0.25, -0.2) is 4.79 Å². The second-order valence-corrected chi connectivity index (χ2v) is 3.05. The molecule has 0 bridgehead atoms.